The Bertz CT molecular complexity index is 1640. The van der Waals surface area contributed by atoms with Gasteiger partial charge in [-0.05, 0) is 104 Å². The Morgan fingerprint density at radius 3 is 1.34 bits per heavy atom. The van der Waals surface area contributed by atoms with Crippen LogP contribution in [0.15, 0.2) is 94.2 Å². The van der Waals surface area contributed by atoms with Crippen LogP contribution in [-0.2, 0) is 19.1 Å². The standard InChI is InChI=1S/C35H28O12/c36-26(20-7-11-24(12-8-20)46-32(38)28-3-1-15-42-28)18-44-34(40)30-22-5-6-23(17-22)31(30)35(41)45-19-27(37)21-9-13-25(14-10-21)47-33(39)29-4-2-16-43-29/h1-4,7-16,22-23,30-31H,5-6,17-19H2/t22-,23-,30-,31-/m0/s1. The van der Waals surface area contributed by atoms with Crippen molar-refractivity contribution in [3.05, 3.63) is 108 Å². The second kappa shape index (κ2) is 13.7. The Hall–Kier alpha value is -5.78. The third-order valence-corrected chi connectivity index (χ3v) is 8.37. The second-order valence-electron chi connectivity index (χ2n) is 11.2. The van der Waals surface area contributed by atoms with Crippen molar-refractivity contribution in [1.29, 1.82) is 0 Å². The molecule has 0 saturated heterocycles. The van der Waals surface area contributed by atoms with Gasteiger partial charge < -0.3 is 27.8 Å². The minimum absolute atomic E-state index is 0.0320. The molecule has 0 spiro atoms. The molecule has 2 fully saturated rings. The Balaban J connectivity index is 0.993. The largest absolute Gasteiger partial charge is 0.457 e. The van der Waals surface area contributed by atoms with Crippen LogP contribution in [0.1, 0.15) is 61.1 Å². The van der Waals surface area contributed by atoms with Crippen LogP contribution in [0, 0.1) is 23.7 Å². The summed E-state index contributed by atoms with van der Waals surface area (Å²) in [6.45, 7) is -1.07. The van der Waals surface area contributed by atoms with Crippen LogP contribution in [0.2, 0.25) is 0 Å². The number of fused-ring (bicyclic) bond motifs is 2. The Labute approximate surface area is 267 Å². The van der Waals surface area contributed by atoms with Crippen LogP contribution in [-0.4, -0.2) is 48.7 Å². The summed E-state index contributed by atoms with van der Waals surface area (Å²) in [6.07, 6.45) is 4.83. The van der Waals surface area contributed by atoms with Crippen molar-refractivity contribution in [1.82, 2.24) is 0 Å². The number of carbonyl (C=O) groups excluding carboxylic acids is 6. The molecule has 0 amide bonds. The third kappa shape index (κ3) is 7.06. The Morgan fingerprint density at radius 2 is 0.979 bits per heavy atom. The number of furan rings is 2. The lowest BCUT2D eigenvalue weighted by atomic mass is 9.79. The van der Waals surface area contributed by atoms with Gasteiger partial charge in [-0.25, -0.2) is 9.59 Å². The number of ether oxygens (including phenoxy) is 4. The zero-order valence-electron chi connectivity index (χ0n) is 24.8. The lowest BCUT2D eigenvalue weighted by Crippen LogP contribution is -2.38. The van der Waals surface area contributed by atoms with Crippen molar-refractivity contribution in [2.45, 2.75) is 19.3 Å². The van der Waals surface area contributed by atoms with Gasteiger partial charge in [0.2, 0.25) is 11.5 Å². The number of esters is 4. The molecule has 2 heterocycles. The van der Waals surface area contributed by atoms with E-state index in [0.29, 0.717) is 6.42 Å². The van der Waals surface area contributed by atoms with Gasteiger partial charge in [0.15, 0.2) is 24.8 Å². The summed E-state index contributed by atoms with van der Waals surface area (Å²) in [5.74, 6) is -4.93. The van der Waals surface area contributed by atoms with E-state index in [1.54, 1.807) is 12.1 Å². The predicted octanol–water partition coefficient (Wildman–Crippen LogP) is 5.13. The number of hydrogen-bond acceptors (Lipinski definition) is 12. The van der Waals surface area contributed by atoms with E-state index in [-0.39, 0.29) is 46.0 Å². The molecule has 2 saturated carbocycles. The number of benzene rings is 2. The van der Waals surface area contributed by atoms with E-state index in [4.69, 9.17) is 27.8 Å². The van der Waals surface area contributed by atoms with Gasteiger partial charge in [-0.2, -0.15) is 0 Å². The Morgan fingerprint density at radius 1 is 0.574 bits per heavy atom. The summed E-state index contributed by atoms with van der Waals surface area (Å²) >= 11 is 0. The van der Waals surface area contributed by atoms with E-state index < -0.39 is 60.5 Å². The summed E-state index contributed by atoms with van der Waals surface area (Å²) in [4.78, 5) is 75.9. The van der Waals surface area contributed by atoms with Crippen molar-refractivity contribution in [2.75, 3.05) is 13.2 Å². The highest BCUT2D eigenvalue weighted by atomic mass is 16.6. The number of carbonyl (C=O) groups is 6. The van der Waals surface area contributed by atoms with Crippen molar-refractivity contribution in [2.24, 2.45) is 23.7 Å². The first kappa shape index (κ1) is 31.2. The molecule has 2 aromatic heterocycles. The number of rotatable bonds is 12. The maximum atomic E-state index is 13.2. The molecule has 0 unspecified atom stereocenters. The molecule has 2 aliphatic rings. The topological polar surface area (TPSA) is 166 Å². The van der Waals surface area contributed by atoms with Gasteiger partial charge in [-0.3, -0.25) is 19.2 Å². The zero-order chi connectivity index (χ0) is 32.9. The van der Waals surface area contributed by atoms with Gasteiger partial charge in [0.05, 0.1) is 24.4 Å². The zero-order valence-corrected chi connectivity index (χ0v) is 24.8. The van der Waals surface area contributed by atoms with E-state index in [9.17, 15) is 28.8 Å². The van der Waals surface area contributed by atoms with Gasteiger partial charge in [0, 0.05) is 11.1 Å². The number of hydrogen-bond donors (Lipinski definition) is 0. The first-order valence-corrected chi connectivity index (χ1v) is 14.9. The van der Waals surface area contributed by atoms with Gasteiger partial charge in [0.25, 0.3) is 0 Å². The van der Waals surface area contributed by atoms with Crippen LogP contribution < -0.4 is 9.47 Å². The van der Waals surface area contributed by atoms with Gasteiger partial charge in [0.1, 0.15) is 11.5 Å². The molecular weight excluding hydrogens is 612 g/mol. The minimum atomic E-state index is -0.782. The van der Waals surface area contributed by atoms with Crippen LogP contribution in [0.25, 0.3) is 0 Å². The summed E-state index contributed by atoms with van der Waals surface area (Å²) in [7, 11) is 0. The molecule has 12 heteroatoms. The molecule has 47 heavy (non-hydrogen) atoms. The molecule has 4 aromatic rings. The molecule has 0 N–H and O–H groups in total. The van der Waals surface area contributed by atoms with E-state index in [1.165, 1.54) is 73.2 Å². The highest BCUT2D eigenvalue weighted by Gasteiger charge is 2.55. The predicted molar refractivity (Wildman–Crippen MR) is 159 cm³/mol. The molecule has 0 radical (unpaired) electrons. The van der Waals surface area contributed by atoms with E-state index in [0.717, 1.165) is 12.8 Å². The fourth-order valence-electron chi connectivity index (χ4n) is 6.12. The van der Waals surface area contributed by atoms with Crippen molar-refractivity contribution >= 4 is 35.4 Å². The van der Waals surface area contributed by atoms with Crippen LogP contribution in [0.4, 0.5) is 0 Å². The van der Waals surface area contributed by atoms with Gasteiger partial charge >= 0.3 is 23.9 Å². The maximum absolute atomic E-state index is 13.2. The minimum Gasteiger partial charge on any atom is -0.457 e. The first-order chi connectivity index (χ1) is 22.8. The van der Waals surface area contributed by atoms with E-state index in [1.807, 2.05) is 0 Å². The normalized spacial score (nSPS) is 19.5. The quantitative estimate of drug-likeness (QED) is 0.114. The molecule has 2 aliphatic carbocycles. The SMILES string of the molecule is O=C(COC(=O)[C@H]1[C@H]2CC[C@@H](C2)[C@@H]1C(=O)OCC(=O)c1ccc(OC(=O)c2ccco2)cc1)c1ccc(OC(=O)c2ccco2)cc1. The van der Waals surface area contributed by atoms with Crippen molar-refractivity contribution in [3.8, 4) is 11.5 Å². The number of Topliss-reactive ketones (excluding diaryl/α,β-unsaturated/α-hetero) is 2. The maximum Gasteiger partial charge on any atom is 0.379 e. The average Bonchev–Trinajstić information content (AvgIpc) is 3.92. The van der Waals surface area contributed by atoms with Gasteiger partial charge in [-0.15, -0.1) is 0 Å². The smallest absolute Gasteiger partial charge is 0.379 e. The van der Waals surface area contributed by atoms with E-state index in [2.05, 4.69) is 0 Å². The Kier molecular flexibility index (Phi) is 9.09. The number of ketones is 2. The van der Waals surface area contributed by atoms with Crippen LogP contribution in [0.3, 0.4) is 0 Å². The molecular formula is C35H28O12. The monoisotopic (exact) mass is 640 g/mol. The van der Waals surface area contributed by atoms with E-state index >= 15 is 0 Å². The summed E-state index contributed by atoms with van der Waals surface area (Å²) < 4.78 is 31.1. The first-order valence-electron chi connectivity index (χ1n) is 14.9. The third-order valence-electron chi connectivity index (χ3n) is 8.37. The fraction of sp³-hybridized carbons (Fsp3) is 0.257. The summed E-state index contributed by atoms with van der Waals surface area (Å²) in [5, 5.41) is 0. The molecule has 2 aromatic carbocycles. The lowest BCUT2D eigenvalue weighted by Gasteiger charge is -2.27. The van der Waals surface area contributed by atoms with Gasteiger partial charge in [-0.1, -0.05) is 0 Å². The van der Waals surface area contributed by atoms with Crippen LogP contribution in [0.5, 0.6) is 11.5 Å². The van der Waals surface area contributed by atoms with Crippen LogP contribution >= 0.6 is 0 Å². The second-order valence-corrected chi connectivity index (χ2v) is 11.2. The van der Waals surface area contributed by atoms with Crippen molar-refractivity contribution < 1.29 is 56.5 Å². The molecule has 4 atom stereocenters. The summed E-state index contributed by atoms with van der Waals surface area (Å²) in [6, 6.07) is 17.5. The highest BCUT2D eigenvalue weighted by Crippen LogP contribution is 2.53. The lowest BCUT2D eigenvalue weighted by molar-refractivity contribution is -0.162. The molecule has 240 valence electrons. The fourth-order valence-corrected chi connectivity index (χ4v) is 6.12. The molecule has 0 aliphatic heterocycles. The molecule has 12 nitrogen and oxygen atoms in total. The summed E-state index contributed by atoms with van der Waals surface area (Å²) in [5.41, 5.74) is 0.475. The molecule has 6 rings (SSSR count). The molecule has 2 bridgehead atoms. The van der Waals surface area contributed by atoms with Crippen molar-refractivity contribution in [3.63, 3.8) is 0 Å². The average molecular weight is 641 g/mol. The highest BCUT2D eigenvalue weighted by molar-refractivity contribution is 5.99.